The molecule has 0 aliphatic carbocycles. The smallest absolute Gasteiger partial charge is 0.231 e. The zero-order chi connectivity index (χ0) is 16.1. The van der Waals surface area contributed by atoms with Crippen LogP contribution in [-0.4, -0.2) is 13.4 Å². The highest BCUT2D eigenvalue weighted by molar-refractivity contribution is 9.10. The molecule has 0 unspecified atom stereocenters. The number of ether oxygens (including phenoxy) is 3. The lowest BCUT2D eigenvalue weighted by atomic mass is 10.1. The first kappa shape index (κ1) is 15.9. The number of benzene rings is 2. The van der Waals surface area contributed by atoms with Crippen molar-refractivity contribution < 1.29 is 14.2 Å². The maximum Gasteiger partial charge on any atom is 0.231 e. The summed E-state index contributed by atoms with van der Waals surface area (Å²) in [5, 5.41) is 0. The molecule has 0 radical (unpaired) electrons. The quantitative estimate of drug-likeness (QED) is 0.693. The van der Waals surface area contributed by atoms with Crippen molar-refractivity contribution in [2.24, 2.45) is 0 Å². The molecule has 120 valence electrons. The molecule has 0 fully saturated rings. The van der Waals surface area contributed by atoms with E-state index in [4.69, 9.17) is 14.2 Å². The van der Waals surface area contributed by atoms with Crippen LogP contribution in [0, 0.1) is 0 Å². The van der Waals surface area contributed by atoms with E-state index in [0.717, 1.165) is 46.7 Å². The van der Waals surface area contributed by atoms with Crippen molar-refractivity contribution in [3.05, 3.63) is 58.1 Å². The van der Waals surface area contributed by atoms with Crippen LogP contribution in [0.15, 0.2) is 46.9 Å². The minimum atomic E-state index is 0.306. The van der Waals surface area contributed by atoms with Crippen LogP contribution in [0.5, 0.6) is 17.2 Å². The maximum absolute atomic E-state index is 5.69. The molecule has 0 spiro atoms. The SMILES string of the molecule is CCCOc1ccc(Br)c(CC=Cc2ccc3c(c2)OCO3)c1. The van der Waals surface area contributed by atoms with E-state index < -0.39 is 0 Å². The zero-order valence-electron chi connectivity index (χ0n) is 13.0. The summed E-state index contributed by atoms with van der Waals surface area (Å²) in [6.07, 6.45) is 6.07. The third kappa shape index (κ3) is 4.08. The Morgan fingerprint density at radius 3 is 2.87 bits per heavy atom. The molecule has 1 aliphatic rings. The fourth-order valence-corrected chi connectivity index (χ4v) is 2.76. The molecule has 1 heterocycles. The van der Waals surface area contributed by atoms with Crippen LogP contribution < -0.4 is 14.2 Å². The largest absolute Gasteiger partial charge is 0.494 e. The fourth-order valence-electron chi connectivity index (χ4n) is 2.36. The van der Waals surface area contributed by atoms with Gasteiger partial charge in [-0.3, -0.25) is 0 Å². The monoisotopic (exact) mass is 374 g/mol. The zero-order valence-corrected chi connectivity index (χ0v) is 14.6. The lowest BCUT2D eigenvalue weighted by molar-refractivity contribution is 0.174. The van der Waals surface area contributed by atoms with Crippen LogP contribution >= 0.6 is 15.9 Å². The molecule has 3 rings (SSSR count). The summed E-state index contributed by atoms with van der Waals surface area (Å²) in [7, 11) is 0. The molecular weight excluding hydrogens is 356 g/mol. The Labute approximate surface area is 145 Å². The van der Waals surface area contributed by atoms with E-state index in [1.165, 1.54) is 5.56 Å². The number of fused-ring (bicyclic) bond motifs is 1. The van der Waals surface area contributed by atoms with Gasteiger partial charge in [-0.15, -0.1) is 0 Å². The highest BCUT2D eigenvalue weighted by Gasteiger charge is 2.12. The van der Waals surface area contributed by atoms with E-state index in [0.29, 0.717) is 6.79 Å². The molecule has 0 saturated carbocycles. The predicted octanol–water partition coefficient (Wildman–Crippen LogP) is 5.22. The van der Waals surface area contributed by atoms with Crippen LogP contribution in [0.2, 0.25) is 0 Å². The molecule has 0 aromatic heterocycles. The van der Waals surface area contributed by atoms with Crippen molar-refractivity contribution in [3.63, 3.8) is 0 Å². The van der Waals surface area contributed by atoms with Gasteiger partial charge in [0.2, 0.25) is 6.79 Å². The summed E-state index contributed by atoms with van der Waals surface area (Å²) in [6.45, 7) is 3.15. The van der Waals surface area contributed by atoms with Gasteiger partial charge in [0, 0.05) is 4.47 Å². The van der Waals surface area contributed by atoms with Gasteiger partial charge in [0.25, 0.3) is 0 Å². The minimum absolute atomic E-state index is 0.306. The Balaban J connectivity index is 1.67. The van der Waals surface area contributed by atoms with Crippen LogP contribution in [0.25, 0.3) is 6.08 Å². The molecule has 2 aromatic rings. The number of halogens is 1. The predicted molar refractivity (Wildman–Crippen MR) is 95.2 cm³/mol. The average Bonchev–Trinajstić information content (AvgIpc) is 3.03. The summed E-state index contributed by atoms with van der Waals surface area (Å²) < 4.78 is 17.5. The Morgan fingerprint density at radius 1 is 1.13 bits per heavy atom. The van der Waals surface area contributed by atoms with E-state index in [2.05, 4.69) is 41.1 Å². The second-order valence-corrected chi connectivity index (χ2v) is 6.18. The highest BCUT2D eigenvalue weighted by atomic mass is 79.9. The number of rotatable bonds is 6. The van der Waals surface area contributed by atoms with Gasteiger partial charge in [-0.25, -0.2) is 0 Å². The van der Waals surface area contributed by atoms with Gasteiger partial charge < -0.3 is 14.2 Å². The average molecular weight is 375 g/mol. The van der Waals surface area contributed by atoms with Gasteiger partial charge in [-0.1, -0.05) is 41.1 Å². The van der Waals surface area contributed by atoms with E-state index in [1.54, 1.807) is 0 Å². The molecule has 23 heavy (non-hydrogen) atoms. The Bertz CT molecular complexity index is 710. The van der Waals surface area contributed by atoms with Gasteiger partial charge in [0.1, 0.15) is 5.75 Å². The van der Waals surface area contributed by atoms with Gasteiger partial charge >= 0.3 is 0 Å². The number of hydrogen-bond donors (Lipinski definition) is 0. The summed E-state index contributed by atoms with van der Waals surface area (Å²) >= 11 is 3.60. The summed E-state index contributed by atoms with van der Waals surface area (Å²) in [5.41, 5.74) is 2.30. The molecule has 0 bridgehead atoms. The first-order valence-electron chi connectivity index (χ1n) is 7.73. The molecule has 0 N–H and O–H groups in total. The fraction of sp³-hybridized carbons (Fsp3) is 0.263. The molecule has 0 saturated heterocycles. The van der Waals surface area contributed by atoms with Crippen molar-refractivity contribution in [3.8, 4) is 17.2 Å². The molecule has 0 atom stereocenters. The number of allylic oxidation sites excluding steroid dienone is 1. The minimum Gasteiger partial charge on any atom is -0.494 e. The van der Waals surface area contributed by atoms with Crippen LogP contribution in [-0.2, 0) is 6.42 Å². The first-order valence-corrected chi connectivity index (χ1v) is 8.53. The standard InChI is InChI=1S/C19H19BrO3/c1-2-10-21-16-7-8-17(20)15(12-16)5-3-4-14-6-9-18-19(11-14)23-13-22-18/h3-4,6-9,11-12H,2,5,10,13H2,1H3. The van der Waals surface area contributed by atoms with Crippen LogP contribution in [0.1, 0.15) is 24.5 Å². The summed E-state index contributed by atoms with van der Waals surface area (Å²) in [4.78, 5) is 0. The summed E-state index contributed by atoms with van der Waals surface area (Å²) in [5.74, 6) is 2.54. The normalized spacial score (nSPS) is 12.8. The molecule has 2 aromatic carbocycles. The Morgan fingerprint density at radius 2 is 2.00 bits per heavy atom. The second-order valence-electron chi connectivity index (χ2n) is 5.32. The van der Waals surface area contributed by atoms with Gasteiger partial charge in [0.05, 0.1) is 6.61 Å². The molecule has 0 amide bonds. The molecule has 4 heteroatoms. The lowest BCUT2D eigenvalue weighted by Gasteiger charge is -2.08. The maximum atomic E-state index is 5.69. The van der Waals surface area contributed by atoms with Crippen molar-refractivity contribution in [2.75, 3.05) is 13.4 Å². The lowest BCUT2D eigenvalue weighted by Crippen LogP contribution is -1.96. The van der Waals surface area contributed by atoms with E-state index in [9.17, 15) is 0 Å². The molecular formula is C19H19BrO3. The first-order chi connectivity index (χ1) is 11.3. The van der Waals surface area contributed by atoms with E-state index in [-0.39, 0.29) is 0 Å². The van der Waals surface area contributed by atoms with E-state index >= 15 is 0 Å². The Hall–Kier alpha value is -1.94. The van der Waals surface area contributed by atoms with Crippen molar-refractivity contribution in [1.29, 1.82) is 0 Å². The third-order valence-corrected chi connectivity index (χ3v) is 4.31. The van der Waals surface area contributed by atoms with Crippen LogP contribution in [0.4, 0.5) is 0 Å². The second kappa shape index (κ2) is 7.55. The molecule has 1 aliphatic heterocycles. The molecule has 3 nitrogen and oxygen atoms in total. The Kier molecular flexibility index (Phi) is 5.23. The summed E-state index contributed by atoms with van der Waals surface area (Å²) in [6, 6.07) is 12.1. The van der Waals surface area contributed by atoms with Crippen molar-refractivity contribution in [1.82, 2.24) is 0 Å². The van der Waals surface area contributed by atoms with Crippen LogP contribution in [0.3, 0.4) is 0 Å². The topological polar surface area (TPSA) is 27.7 Å². The van der Waals surface area contributed by atoms with Gasteiger partial charge in [0.15, 0.2) is 11.5 Å². The van der Waals surface area contributed by atoms with Gasteiger partial charge in [-0.2, -0.15) is 0 Å². The van der Waals surface area contributed by atoms with E-state index in [1.807, 2.05) is 30.3 Å². The van der Waals surface area contributed by atoms with Crippen molar-refractivity contribution in [2.45, 2.75) is 19.8 Å². The van der Waals surface area contributed by atoms with Gasteiger partial charge in [-0.05, 0) is 54.3 Å². The number of hydrogen-bond acceptors (Lipinski definition) is 3. The van der Waals surface area contributed by atoms with Crippen molar-refractivity contribution >= 4 is 22.0 Å². The third-order valence-electron chi connectivity index (χ3n) is 3.53. The highest BCUT2D eigenvalue weighted by Crippen LogP contribution is 2.33.